The first-order valence-electron chi connectivity index (χ1n) is 5.79. The van der Waals surface area contributed by atoms with Crippen LogP contribution in [0.5, 0.6) is 11.5 Å². The lowest BCUT2D eigenvalue weighted by Gasteiger charge is -2.00. The van der Waals surface area contributed by atoms with Gasteiger partial charge in [-0.05, 0) is 42.5 Å². The van der Waals surface area contributed by atoms with Crippen LogP contribution >= 0.6 is 0 Å². The first-order valence-corrected chi connectivity index (χ1v) is 5.79. The summed E-state index contributed by atoms with van der Waals surface area (Å²) in [5.41, 5.74) is 1.57. The molecular weight excluding hydrogens is 258 g/mol. The molecule has 0 fully saturated rings. The van der Waals surface area contributed by atoms with Crippen molar-refractivity contribution in [3.05, 3.63) is 48.0 Å². The van der Waals surface area contributed by atoms with Gasteiger partial charge in [-0.25, -0.2) is 0 Å². The summed E-state index contributed by atoms with van der Waals surface area (Å²) in [4.78, 5) is 0. The maximum atomic E-state index is 9.52. The molecule has 2 N–H and O–H groups in total. The van der Waals surface area contributed by atoms with Crippen LogP contribution < -0.4 is 4.74 Å². The molecular formula is C14H13N3O3. The van der Waals surface area contributed by atoms with Crippen LogP contribution in [-0.2, 0) is 0 Å². The van der Waals surface area contributed by atoms with E-state index >= 15 is 0 Å². The molecule has 0 aliphatic carbocycles. The zero-order valence-electron chi connectivity index (χ0n) is 10.8. The molecule has 0 radical (unpaired) electrons. The van der Waals surface area contributed by atoms with Crippen molar-refractivity contribution in [3.63, 3.8) is 0 Å². The first-order chi connectivity index (χ1) is 9.72. The molecule has 0 aromatic heterocycles. The summed E-state index contributed by atoms with van der Waals surface area (Å²) in [5.74, 6) is 0.751. The lowest BCUT2D eigenvalue weighted by molar-refractivity contribution is 0.321. The van der Waals surface area contributed by atoms with Gasteiger partial charge in [0, 0.05) is 5.56 Å². The molecule has 0 heterocycles. The summed E-state index contributed by atoms with van der Waals surface area (Å²) in [6.07, 6.45) is 1.13. The van der Waals surface area contributed by atoms with Gasteiger partial charge in [0.05, 0.1) is 24.7 Å². The molecule has 0 unspecified atom stereocenters. The molecule has 2 rings (SSSR count). The van der Waals surface area contributed by atoms with E-state index < -0.39 is 0 Å². The highest BCUT2D eigenvalue weighted by Crippen LogP contribution is 2.24. The van der Waals surface area contributed by atoms with Crippen LogP contribution in [0.2, 0.25) is 0 Å². The average Bonchev–Trinajstić information content (AvgIpc) is 2.49. The van der Waals surface area contributed by atoms with E-state index in [4.69, 9.17) is 9.94 Å². The third kappa shape index (κ3) is 3.32. The molecule has 0 aliphatic rings. The fourth-order valence-electron chi connectivity index (χ4n) is 1.53. The van der Waals surface area contributed by atoms with Crippen LogP contribution in [0.15, 0.2) is 57.8 Å². The van der Waals surface area contributed by atoms with E-state index in [-0.39, 0.29) is 5.75 Å². The molecule has 6 nitrogen and oxygen atoms in total. The molecule has 2 aromatic rings. The Balaban J connectivity index is 2.20. The van der Waals surface area contributed by atoms with Crippen molar-refractivity contribution in [1.82, 2.24) is 0 Å². The van der Waals surface area contributed by atoms with Gasteiger partial charge in [-0.1, -0.05) is 5.16 Å². The summed E-state index contributed by atoms with van der Waals surface area (Å²) >= 11 is 0. The lowest BCUT2D eigenvalue weighted by Crippen LogP contribution is -1.81. The summed E-state index contributed by atoms with van der Waals surface area (Å²) in [6, 6.07) is 11.8. The number of phenols is 1. The Morgan fingerprint density at radius 1 is 1.00 bits per heavy atom. The number of phenolic OH excluding ortho intramolecular Hbond substituents is 1. The van der Waals surface area contributed by atoms with Crippen LogP contribution in [0, 0.1) is 0 Å². The van der Waals surface area contributed by atoms with Gasteiger partial charge in [-0.3, -0.25) is 0 Å². The molecule has 0 saturated heterocycles. The molecule has 6 heteroatoms. The van der Waals surface area contributed by atoms with Crippen LogP contribution in [-0.4, -0.2) is 23.6 Å². The standard InChI is InChI=1S/C14H13N3O3/c1-20-13-5-2-11(3-6-13)16-17-12-4-7-14(18)10(8-12)9-15-19/h2-9,18-19H,1H3. The first kappa shape index (κ1) is 13.5. The largest absolute Gasteiger partial charge is 0.507 e. The highest BCUT2D eigenvalue weighted by atomic mass is 16.5. The summed E-state index contributed by atoms with van der Waals surface area (Å²) in [7, 11) is 1.59. The Hall–Kier alpha value is -2.89. The Kier molecular flexibility index (Phi) is 4.28. The maximum Gasteiger partial charge on any atom is 0.124 e. The normalized spacial score (nSPS) is 11.2. The summed E-state index contributed by atoms with van der Waals surface area (Å²) in [5, 5.41) is 29.0. The molecule has 0 amide bonds. The molecule has 0 spiro atoms. The van der Waals surface area contributed by atoms with Crippen LogP contribution in [0.3, 0.4) is 0 Å². The fourth-order valence-corrected chi connectivity index (χ4v) is 1.53. The number of hydrogen-bond acceptors (Lipinski definition) is 6. The van der Waals surface area contributed by atoms with E-state index in [1.807, 2.05) is 0 Å². The van der Waals surface area contributed by atoms with Crippen LogP contribution in [0.1, 0.15) is 5.56 Å². The van der Waals surface area contributed by atoms with Gasteiger partial charge in [-0.2, -0.15) is 10.2 Å². The highest BCUT2D eigenvalue weighted by molar-refractivity contribution is 5.84. The molecule has 0 atom stereocenters. The Morgan fingerprint density at radius 2 is 1.65 bits per heavy atom. The van der Waals surface area contributed by atoms with Gasteiger partial charge in [0.1, 0.15) is 11.5 Å². The monoisotopic (exact) mass is 271 g/mol. The van der Waals surface area contributed by atoms with E-state index in [0.29, 0.717) is 16.9 Å². The molecule has 0 aliphatic heterocycles. The van der Waals surface area contributed by atoms with E-state index in [9.17, 15) is 5.11 Å². The number of nitrogens with zero attached hydrogens (tertiary/aromatic N) is 3. The second-order valence-electron chi connectivity index (χ2n) is 3.89. The third-order valence-corrected chi connectivity index (χ3v) is 2.56. The molecule has 2 aromatic carbocycles. The highest BCUT2D eigenvalue weighted by Gasteiger charge is 2.00. The van der Waals surface area contributed by atoms with Gasteiger partial charge in [0.15, 0.2) is 0 Å². The van der Waals surface area contributed by atoms with Crippen molar-refractivity contribution in [2.45, 2.75) is 0 Å². The smallest absolute Gasteiger partial charge is 0.124 e. The van der Waals surface area contributed by atoms with Crippen molar-refractivity contribution in [2.75, 3.05) is 7.11 Å². The van der Waals surface area contributed by atoms with Crippen molar-refractivity contribution in [2.24, 2.45) is 15.4 Å². The number of ether oxygens (including phenoxy) is 1. The average molecular weight is 271 g/mol. The van der Waals surface area contributed by atoms with Crippen molar-refractivity contribution in [3.8, 4) is 11.5 Å². The van der Waals surface area contributed by atoms with Gasteiger partial charge >= 0.3 is 0 Å². The Labute approximate surface area is 115 Å². The van der Waals surface area contributed by atoms with E-state index in [0.717, 1.165) is 12.0 Å². The predicted octanol–water partition coefficient (Wildman–Crippen LogP) is 3.62. The number of rotatable bonds is 4. The molecule has 20 heavy (non-hydrogen) atoms. The van der Waals surface area contributed by atoms with Crippen LogP contribution in [0.25, 0.3) is 0 Å². The fraction of sp³-hybridized carbons (Fsp3) is 0.0714. The quantitative estimate of drug-likeness (QED) is 0.385. The van der Waals surface area contributed by atoms with E-state index in [2.05, 4.69) is 15.4 Å². The second-order valence-corrected chi connectivity index (χ2v) is 3.89. The van der Waals surface area contributed by atoms with Gasteiger partial charge < -0.3 is 15.1 Å². The molecule has 0 bridgehead atoms. The number of hydrogen-bond donors (Lipinski definition) is 2. The van der Waals surface area contributed by atoms with Crippen molar-refractivity contribution in [1.29, 1.82) is 0 Å². The lowest BCUT2D eigenvalue weighted by atomic mass is 10.2. The minimum absolute atomic E-state index is 0.00574. The zero-order valence-corrected chi connectivity index (χ0v) is 10.8. The van der Waals surface area contributed by atoms with Gasteiger partial charge in [0.2, 0.25) is 0 Å². The zero-order chi connectivity index (χ0) is 14.4. The number of oxime groups is 1. The predicted molar refractivity (Wildman–Crippen MR) is 74.7 cm³/mol. The maximum absolute atomic E-state index is 9.52. The number of methoxy groups -OCH3 is 1. The number of azo groups is 1. The SMILES string of the molecule is COc1ccc(N=Nc2ccc(O)c(C=NO)c2)cc1. The second kappa shape index (κ2) is 6.33. The molecule has 102 valence electrons. The minimum atomic E-state index is 0.00574. The van der Waals surface area contributed by atoms with Crippen LogP contribution in [0.4, 0.5) is 11.4 Å². The molecule has 0 saturated carbocycles. The Bertz CT molecular complexity index is 637. The summed E-state index contributed by atoms with van der Waals surface area (Å²) < 4.78 is 5.05. The minimum Gasteiger partial charge on any atom is -0.507 e. The van der Waals surface area contributed by atoms with Crippen molar-refractivity contribution < 1.29 is 15.1 Å². The van der Waals surface area contributed by atoms with Crippen molar-refractivity contribution >= 4 is 17.6 Å². The third-order valence-electron chi connectivity index (χ3n) is 2.56. The summed E-state index contributed by atoms with van der Waals surface area (Å²) in [6.45, 7) is 0. The topological polar surface area (TPSA) is 86.8 Å². The van der Waals surface area contributed by atoms with Gasteiger partial charge in [0.25, 0.3) is 0 Å². The van der Waals surface area contributed by atoms with E-state index in [1.165, 1.54) is 6.07 Å². The van der Waals surface area contributed by atoms with E-state index in [1.54, 1.807) is 43.5 Å². The Morgan fingerprint density at radius 3 is 2.30 bits per heavy atom. The number of benzene rings is 2. The number of aromatic hydroxyl groups is 1. The van der Waals surface area contributed by atoms with Gasteiger partial charge in [-0.15, -0.1) is 0 Å².